The molecule has 0 spiro atoms. The van der Waals surface area contributed by atoms with Gasteiger partial charge < -0.3 is 24.8 Å². The molecular formula is C43H74NO8P. The summed E-state index contributed by atoms with van der Waals surface area (Å²) in [6.45, 7) is 3.98. The van der Waals surface area contributed by atoms with Crippen molar-refractivity contribution in [1.29, 1.82) is 0 Å². The Hall–Kier alpha value is -2.26. The highest BCUT2D eigenvalue weighted by Gasteiger charge is 2.36. The second-order valence-electron chi connectivity index (χ2n) is 13.6. The van der Waals surface area contributed by atoms with Gasteiger partial charge >= 0.3 is 13.8 Å². The Morgan fingerprint density at radius 3 is 1.91 bits per heavy atom. The zero-order chi connectivity index (χ0) is 38.5. The largest absolute Gasteiger partial charge is 0.498 e. The second-order valence-corrected chi connectivity index (χ2v) is 15.0. The maximum absolute atomic E-state index is 12.6. The molecule has 9 nitrogen and oxygen atoms in total. The molecule has 0 bridgehead atoms. The van der Waals surface area contributed by atoms with Crippen LogP contribution in [0.4, 0.5) is 0 Å². The molecule has 0 aromatic rings. The number of phosphoric acid groups is 1. The van der Waals surface area contributed by atoms with Crippen LogP contribution in [0.5, 0.6) is 0 Å². The minimum absolute atomic E-state index is 0.0213. The third-order valence-electron chi connectivity index (χ3n) is 8.60. The van der Waals surface area contributed by atoms with E-state index >= 15 is 0 Å². The van der Waals surface area contributed by atoms with Crippen LogP contribution in [0.2, 0.25) is 0 Å². The number of nitrogens with two attached hydrogens (primary N) is 1. The van der Waals surface area contributed by atoms with Crippen molar-refractivity contribution in [3.63, 3.8) is 0 Å². The first-order chi connectivity index (χ1) is 25.9. The molecule has 1 aliphatic heterocycles. The van der Waals surface area contributed by atoms with Gasteiger partial charge in [-0.15, -0.1) is 0 Å². The van der Waals surface area contributed by atoms with Crippen LogP contribution in [0, 0.1) is 0 Å². The highest BCUT2D eigenvalue weighted by atomic mass is 31.2. The van der Waals surface area contributed by atoms with E-state index in [0.717, 1.165) is 51.4 Å². The van der Waals surface area contributed by atoms with Crippen LogP contribution in [0.15, 0.2) is 73.1 Å². The third kappa shape index (κ3) is 32.9. The predicted molar refractivity (Wildman–Crippen MR) is 218 cm³/mol. The number of ether oxygens (including phenoxy) is 3. The molecule has 1 saturated heterocycles. The van der Waals surface area contributed by atoms with E-state index in [4.69, 9.17) is 29.0 Å². The molecule has 1 heterocycles. The van der Waals surface area contributed by atoms with E-state index in [1.807, 2.05) is 6.08 Å². The number of phosphoric ester groups is 1. The molecule has 0 aliphatic carbocycles. The van der Waals surface area contributed by atoms with Crippen LogP contribution >= 0.6 is 7.82 Å². The molecule has 304 valence electrons. The van der Waals surface area contributed by atoms with E-state index in [9.17, 15) is 14.3 Å². The fraction of sp³-hybridized carbons (Fsp3) is 0.698. The van der Waals surface area contributed by atoms with Gasteiger partial charge in [0.25, 0.3) is 0 Å². The number of rotatable bonds is 37. The van der Waals surface area contributed by atoms with Crippen molar-refractivity contribution in [2.45, 2.75) is 167 Å². The van der Waals surface area contributed by atoms with Gasteiger partial charge in [-0.3, -0.25) is 13.8 Å². The number of hydrogen-bond acceptors (Lipinski definition) is 8. The molecule has 0 radical (unpaired) electrons. The molecule has 4 atom stereocenters. The topological polar surface area (TPSA) is 130 Å². The fourth-order valence-corrected chi connectivity index (χ4v) is 6.26. The van der Waals surface area contributed by atoms with E-state index in [2.05, 4.69) is 74.6 Å². The minimum Gasteiger partial charge on any atom is -0.498 e. The first-order valence-electron chi connectivity index (χ1n) is 20.6. The molecule has 1 rings (SSSR count). The summed E-state index contributed by atoms with van der Waals surface area (Å²) in [7, 11) is -4.32. The zero-order valence-corrected chi connectivity index (χ0v) is 34.1. The van der Waals surface area contributed by atoms with Crippen LogP contribution in [-0.4, -0.2) is 55.5 Å². The number of carbonyl (C=O) groups is 1. The number of epoxide rings is 1. The Kier molecular flexibility index (Phi) is 32.6. The fourth-order valence-electron chi connectivity index (χ4n) is 5.49. The van der Waals surface area contributed by atoms with E-state index < -0.39 is 19.9 Å². The van der Waals surface area contributed by atoms with Crippen molar-refractivity contribution >= 4 is 13.8 Å². The monoisotopic (exact) mass is 764 g/mol. The smallest absolute Gasteiger partial charge is 0.472 e. The molecule has 53 heavy (non-hydrogen) atoms. The molecule has 10 heteroatoms. The van der Waals surface area contributed by atoms with Crippen molar-refractivity contribution in [2.24, 2.45) is 5.73 Å². The van der Waals surface area contributed by atoms with Gasteiger partial charge in [0, 0.05) is 13.0 Å². The summed E-state index contributed by atoms with van der Waals surface area (Å²) < 4.78 is 38.8. The Balaban J connectivity index is 2.25. The van der Waals surface area contributed by atoms with Gasteiger partial charge in [-0.2, -0.15) is 0 Å². The van der Waals surface area contributed by atoms with Gasteiger partial charge in [0.05, 0.1) is 31.7 Å². The van der Waals surface area contributed by atoms with Crippen molar-refractivity contribution < 1.29 is 37.5 Å². The van der Waals surface area contributed by atoms with Crippen molar-refractivity contribution in [3.05, 3.63) is 73.1 Å². The minimum atomic E-state index is -4.32. The summed E-state index contributed by atoms with van der Waals surface area (Å²) >= 11 is 0. The maximum atomic E-state index is 12.6. The summed E-state index contributed by atoms with van der Waals surface area (Å²) in [5.74, 6) is -0.426. The highest BCUT2D eigenvalue weighted by molar-refractivity contribution is 7.47. The van der Waals surface area contributed by atoms with Crippen molar-refractivity contribution in [1.82, 2.24) is 0 Å². The summed E-state index contributed by atoms with van der Waals surface area (Å²) in [5, 5.41) is 0. The quantitative estimate of drug-likeness (QED) is 0.0159. The molecule has 1 aliphatic rings. The lowest BCUT2D eigenvalue weighted by atomic mass is 10.1. The number of allylic oxidation sites excluding steroid dienone is 9. The van der Waals surface area contributed by atoms with Gasteiger partial charge in [-0.25, -0.2) is 4.57 Å². The first kappa shape index (κ1) is 48.8. The van der Waals surface area contributed by atoms with Crippen molar-refractivity contribution in [3.8, 4) is 0 Å². The van der Waals surface area contributed by atoms with Gasteiger partial charge in [0.15, 0.2) is 6.10 Å². The maximum Gasteiger partial charge on any atom is 0.472 e. The van der Waals surface area contributed by atoms with E-state index in [1.165, 1.54) is 70.6 Å². The number of esters is 1. The van der Waals surface area contributed by atoms with E-state index in [-0.39, 0.29) is 45.0 Å². The average molecular weight is 764 g/mol. The van der Waals surface area contributed by atoms with E-state index in [1.54, 1.807) is 6.26 Å². The van der Waals surface area contributed by atoms with Gasteiger partial charge in [-0.05, 0) is 70.3 Å². The van der Waals surface area contributed by atoms with Crippen LogP contribution in [0.1, 0.15) is 149 Å². The molecular weight excluding hydrogens is 689 g/mol. The Morgan fingerprint density at radius 1 is 0.698 bits per heavy atom. The standard InChI is InChI=1S/C43H74NO8P/c1-3-5-7-9-11-13-14-15-16-17-18-19-21-23-27-31-36-48-38-40(39-50-53(46,47)49-37-35-44)51-43(45)34-30-26-25-29-33-42-41(52-42)32-28-24-22-20-12-10-8-6-4-2/h6,8,12,20-21,23-25,28-29,31,36,40-42H,3-5,7,9-11,13-19,22,26-27,30,32-35,37-39,44H2,1-2H3,(H,46,47). The highest BCUT2D eigenvalue weighted by Crippen LogP contribution is 2.43. The molecule has 0 saturated carbocycles. The Labute approximate surface area is 322 Å². The summed E-state index contributed by atoms with van der Waals surface area (Å²) in [5.41, 5.74) is 5.35. The summed E-state index contributed by atoms with van der Waals surface area (Å²) in [6.07, 6.45) is 47.7. The molecule has 0 aromatic carbocycles. The number of carbonyl (C=O) groups excluding carboxylic acids is 1. The molecule has 0 aromatic heterocycles. The average Bonchev–Trinajstić information content (AvgIpc) is 3.90. The van der Waals surface area contributed by atoms with Crippen LogP contribution in [-0.2, 0) is 32.6 Å². The van der Waals surface area contributed by atoms with Crippen molar-refractivity contribution in [2.75, 3.05) is 26.4 Å². The van der Waals surface area contributed by atoms with Gasteiger partial charge in [0.1, 0.15) is 6.61 Å². The molecule has 1 fully saturated rings. The Bertz CT molecular complexity index is 1100. The van der Waals surface area contributed by atoms with Gasteiger partial charge in [-0.1, -0.05) is 139 Å². The van der Waals surface area contributed by atoms with Crippen LogP contribution < -0.4 is 5.73 Å². The summed E-state index contributed by atoms with van der Waals surface area (Å²) in [4.78, 5) is 22.4. The molecule has 4 unspecified atom stereocenters. The first-order valence-corrected chi connectivity index (χ1v) is 22.1. The number of unbranched alkanes of at least 4 members (excludes halogenated alkanes) is 12. The van der Waals surface area contributed by atoms with Gasteiger partial charge in [0.2, 0.25) is 0 Å². The molecule has 3 N–H and O–H groups in total. The SMILES string of the molecule is CCC=CCC=CCC=CCC1OC1CC=CCCCC(=O)OC(COC=CCC=CCCCCCCCCCCCCC)COP(=O)(O)OCCN. The Morgan fingerprint density at radius 2 is 1.25 bits per heavy atom. The third-order valence-corrected chi connectivity index (χ3v) is 9.59. The zero-order valence-electron chi connectivity index (χ0n) is 33.2. The second kappa shape index (κ2) is 35.4. The van der Waals surface area contributed by atoms with Crippen LogP contribution in [0.3, 0.4) is 0 Å². The lowest BCUT2D eigenvalue weighted by Gasteiger charge is -2.19. The van der Waals surface area contributed by atoms with Crippen LogP contribution in [0.25, 0.3) is 0 Å². The lowest BCUT2D eigenvalue weighted by Crippen LogP contribution is -2.27. The van der Waals surface area contributed by atoms with E-state index in [0.29, 0.717) is 6.42 Å². The predicted octanol–water partition coefficient (Wildman–Crippen LogP) is 11.3. The molecule has 0 amide bonds. The summed E-state index contributed by atoms with van der Waals surface area (Å²) in [6, 6.07) is 0. The lowest BCUT2D eigenvalue weighted by molar-refractivity contribution is -0.153. The number of hydrogen-bond donors (Lipinski definition) is 2. The normalized spacial score (nSPS) is 18.0.